The van der Waals surface area contributed by atoms with Crippen LogP contribution in [0.1, 0.15) is 38.5 Å². The van der Waals surface area contributed by atoms with Crippen molar-refractivity contribution in [2.45, 2.75) is 38.6 Å². The Morgan fingerprint density at radius 2 is 2.29 bits per heavy atom. The fourth-order valence-corrected chi connectivity index (χ4v) is 2.91. The van der Waals surface area contributed by atoms with Gasteiger partial charge in [-0.15, -0.1) is 0 Å². The quantitative estimate of drug-likeness (QED) is 0.808. The van der Waals surface area contributed by atoms with Gasteiger partial charge in [0.2, 0.25) is 11.8 Å². The normalized spacial score (nSPS) is 19.5. The number of carbonyl (C=O) groups excluding carboxylic acids is 1. The molecule has 0 N–H and O–H groups in total. The molecule has 0 spiro atoms. The first-order chi connectivity index (χ1) is 10.3. The predicted molar refractivity (Wildman–Crippen MR) is 82.7 cm³/mol. The van der Waals surface area contributed by atoms with Crippen molar-refractivity contribution in [2.24, 2.45) is 0 Å². The molecule has 1 aliphatic rings. The van der Waals surface area contributed by atoms with Crippen LogP contribution >= 0.6 is 0 Å². The summed E-state index contributed by atoms with van der Waals surface area (Å²) in [5.74, 6) is 0.540. The maximum Gasteiger partial charge on any atom is 0.246 e. The molecule has 0 bridgehead atoms. The molecule has 0 aliphatic carbocycles. The van der Waals surface area contributed by atoms with Gasteiger partial charge in [-0.1, -0.05) is 19.1 Å². The number of benzene rings is 1. The van der Waals surface area contributed by atoms with Crippen molar-refractivity contribution in [1.29, 1.82) is 0 Å². The highest BCUT2D eigenvalue weighted by Crippen LogP contribution is 2.20. The van der Waals surface area contributed by atoms with Gasteiger partial charge in [0.15, 0.2) is 5.58 Å². The highest BCUT2D eigenvalue weighted by atomic mass is 16.3. The molecule has 1 saturated heterocycles. The average molecular weight is 284 g/mol. The van der Waals surface area contributed by atoms with Crippen molar-refractivity contribution in [3.8, 4) is 0 Å². The minimum atomic E-state index is 0.0591. The summed E-state index contributed by atoms with van der Waals surface area (Å²) < 4.78 is 5.59. The first-order valence-corrected chi connectivity index (χ1v) is 7.62. The molecular weight excluding hydrogens is 264 g/mol. The zero-order valence-corrected chi connectivity index (χ0v) is 12.3. The maximum absolute atomic E-state index is 12.3. The van der Waals surface area contributed by atoms with Crippen LogP contribution < -0.4 is 0 Å². The number of aromatic nitrogens is 1. The zero-order valence-electron chi connectivity index (χ0n) is 12.3. The second-order valence-electron chi connectivity index (χ2n) is 5.44. The third-order valence-electron chi connectivity index (χ3n) is 4.06. The van der Waals surface area contributed by atoms with Crippen LogP contribution in [-0.4, -0.2) is 28.4 Å². The lowest BCUT2D eigenvalue weighted by atomic mass is 10.00. The van der Waals surface area contributed by atoms with Crippen molar-refractivity contribution in [3.63, 3.8) is 0 Å². The minimum absolute atomic E-state index is 0.0591. The van der Waals surface area contributed by atoms with Crippen LogP contribution in [0.25, 0.3) is 17.2 Å². The molecule has 1 amide bonds. The second kappa shape index (κ2) is 6.12. The van der Waals surface area contributed by atoms with Gasteiger partial charge in [-0.05, 0) is 37.8 Å². The Hall–Kier alpha value is -2.10. The Bertz CT molecular complexity index is 627. The zero-order chi connectivity index (χ0) is 14.7. The molecule has 1 aromatic heterocycles. The fraction of sp³-hybridized carbons (Fsp3) is 0.412. The van der Waals surface area contributed by atoms with E-state index in [9.17, 15) is 4.79 Å². The second-order valence-corrected chi connectivity index (χ2v) is 5.44. The van der Waals surface area contributed by atoms with Gasteiger partial charge in [-0.2, -0.15) is 0 Å². The number of likely N-dealkylation sites (tertiary alicyclic amines) is 1. The summed E-state index contributed by atoms with van der Waals surface area (Å²) in [6.45, 7) is 3.00. The Balaban J connectivity index is 1.73. The molecule has 1 atom stereocenters. The van der Waals surface area contributed by atoms with Gasteiger partial charge in [0.1, 0.15) is 5.52 Å². The molecule has 110 valence electrons. The Labute approximate surface area is 124 Å². The number of para-hydroxylation sites is 2. The number of amides is 1. The molecule has 0 radical (unpaired) electrons. The summed E-state index contributed by atoms with van der Waals surface area (Å²) in [7, 11) is 0. The van der Waals surface area contributed by atoms with E-state index in [0.717, 1.165) is 36.9 Å². The van der Waals surface area contributed by atoms with E-state index in [1.165, 1.54) is 6.42 Å². The summed E-state index contributed by atoms with van der Waals surface area (Å²) in [4.78, 5) is 18.6. The SMILES string of the molecule is CCC1CCCCN1C(=O)/C=C/c1nc2ccccc2o1. The van der Waals surface area contributed by atoms with Crippen LogP contribution in [0.4, 0.5) is 0 Å². The third kappa shape index (κ3) is 2.99. The number of hydrogen-bond acceptors (Lipinski definition) is 3. The lowest BCUT2D eigenvalue weighted by Crippen LogP contribution is -2.42. The van der Waals surface area contributed by atoms with Gasteiger partial charge >= 0.3 is 0 Å². The molecular formula is C17H20N2O2. The monoisotopic (exact) mass is 284 g/mol. The van der Waals surface area contributed by atoms with Gasteiger partial charge < -0.3 is 9.32 Å². The molecule has 2 heterocycles. The molecule has 21 heavy (non-hydrogen) atoms. The van der Waals surface area contributed by atoms with Crippen LogP contribution in [0.3, 0.4) is 0 Å². The predicted octanol–water partition coefficient (Wildman–Crippen LogP) is 3.63. The summed E-state index contributed by atoms with van der Waals surface area (Å²) >= 11 is 0. The van der Waals surface area contributed by atoms with Crippen molar-refractivity contribution in [3.05, 3.63) is 36.2 Å². The number of piperidine rings is 1. The van der Waals surface area contributed by atoms with E-state index in [0.29, 0.717) is 11.9 Å². The van der Waals surface area contributed by atoms with Gasteiger partial charge in [0, 0.05) is 24.7 Å². The van der Waals surface area contributed by atoms with Gasteiger partial charge in [-0.25, -0.2) is 4.98 Å². The Kier molecular flexibility index (Phi) is 4.04. The largest absolute Gasteiger partial charge is 0.437 e. The number of fused-ring (bicyclic) bond motifs is 1. The lowest BCUT2D eigenvalue weighted by molar-refractivity contribution is -0.129. The molecule has 2 aromatic rings. The minimum Gasteiger partial charge on any atom is -0.437 e. The summed E-state index contributed by atoms with van der Waals surface area (Å²) in [6, 6.07) is 7.98. The summed E-state index contributed by atoms with van der Waals surface area (Å²) in [5.41, 5.74) is 1.56. The molecule has 1 aliphatic heterocycles. The molecule has 0 saturated carbocycles. The number of carbonyl (C=O) groups is 1. The van der Waals surface area contributed by atoms with Crippen LogP contribution in [0.2, 0.25) is 0 Å². The van der Waals surface area contributed by atoms with Crippen LogP contribution in [0, 0.1) is 0 Å². The van der Waals surface area contributed by atoms with E-state index in [4.69, 9.17) is 4.42 Å². The molecule has 4 heteroatoms. The van der Waals surface area contributed by atoms with E-state index in [1.54, 1.807) is 12.2 Å². The van der Waals surface area contributed by atoms with Crippen molar-refractivity contribution < 1.29 is 9.21 Å². The molecule has 1 fully saturated rings. The highest BCUT2D eigenvalue weighted by Gasteiger charge is 2.23. The molecule has 1 unspecified atom stereocenters. The topological polar surface area (TPSA) is 46.3 Å². The van der Waals surface area contributed by atoms with Gasteiger partial charge in [-0.3, -0.25) is 4.79 Å². The third-order valence-corrected chi connectivity index (χ3v) is 4.06. The average Bonchev–Trinajstić information content (AvgIpc) is 2.95. The van der Waals surface area contributed by atoms with Crippen molar-refractivity contribution >= 4 is 23.1 Å². The maximum atomic E-state index is 12.3. The summed E-state index contributed by atoms with van der Waals surface area (Å²) in [6.07, 6.45) is 7.69. The highest BCUT2D eigenvalue weighted by molar-refractivity contribution is 5.91. The smallest absolute Gasteiger partial charge is 0.246 e. The number of nitrogens with zero attached hydrogens (tertiary/aromatic N) is 2. The van der Waals surface area contributed by atoms with E-state index in [-0.39, 0.29) is 5.91 Å². The van der Waals surface area contributed by atoms with Crippen LogP contribution in [-0.2, 0) is 4.79 Å². The van der Waals surface area contributed by atoms with E-state index in [2.05, 4.69) is 11.9 Å². The number of oxazole rings is 1. The molecule has 3 rings (SSSR count). The van der Waals surface area contributed by atoms with Crippen molar-refractivity contribution in [1.82, 2.24) is 9.88 Å². The first-order valence-electron chi connectivity index (χ1n) is 7.62. The Morgan fingerprint density at radius 3 is 3.10 bits per heavy atom. The van der Waals surface area contributed by atoms with Crippen molar-refractivity contribution in [2.75, 3.05) is 6.54 Å². The van der Waals surface area contributed by atoms with E-state index in [1.807, 2.05) is 29.2 Å². The summed E-state index contributed by atoms with van der Waals surface area (Å²) in [5, 5.41) is 0. The lowest BCUT2D eigenvalue weighted by Gasteiger charge is -2.34. The van der Waals surface area contributed by atoms with E-state index >= 15 is 0 Å². The standard InChI is InChI=1S/C17H20N2O2/c1-2-13-7-5-6-12-19(13)17(20)11-10-16-18-14-8-3-4-9-15(14)21-16/h3-4,8-11,13H,2,5-7,12H2,1H3/b11-10+. The molecule has 4 nitrogen and oxygen atoms in total. The fourth-order valence-electron chi connectivity index (χ4n) is 2.91. The van der Waals surface area contributed by atoms with Gasteiger partial charge in [0.05, 0.1) is 0 Å². The molecule has 1 aromatic carbocycles. The number of rotatable bonds is 3. The van der Waals surface area contributed by atoms with Gasteiger partial charge in [0.25, 0.3) is 0 Å². The number of hydrogen-bond donors (Lipinski definition) is 0. The first kappa shape index (κ1) is 13.9. The van der Waals surface area contributed by atoms with E-state index < -0.39 is 0 Å². The van der Waals surface area contributed by atoms with Crippen LogP contribution in [0.5, 0.6) is 0 Å². The Morgan fingerprint density at radius 1 is 1.43 bits per heavy atom. The van der Waals surface area contributed by atoms with Crippen LogP contribution in [0.15, 0.2) is 34.8 Å².